The zero-order valence-corrected chi connectivity index (χ0v) is 17.1. The molecule has 3 aromatic rings. The highest BCUT2D eigenvalue weighted by Gasteiger charge is 2.38. The first-order valence-corrected chi connectivity index (χ1v) is 10.2. The van der Waals surface area contributed by atoms with E-state index in [1.54, 1.807) is 6.07 Å². The van der Waals surface area contributed by atoms with Crippen molar-refractivity contribution in [2.24, 2.45) is 0 Å². The van der Waals surface area contributed by atoms with E-state index in [9.17, 15) is 17.6 Å². The number of aromatic amines is 1. The van der Waals surface area contributed by atoms with E-state index in [2.05, 4.69) is 25.2 Å². The Kier molecular flexibility index (Phi) is 5.17. The fourth-order valence-corrected chi connectivity index (χ4v) is 4.36. The Morgan fingerprint density at radius 2 is 2.06 bits per heavy atom. The number of hydrogen-bond acceptors (Lipinski definition) is 6. The average molecular weight is 451 g/mol. The van der Waals surface area contributed by atoms with E-state index in [0.29, 0.717) is 31.0 Å². The maximum Gasteiger partial charge on any atom is 0.431 e. The minimum Gasteiger partial charge on any atom is -0.491 e. The molecular formula is C21H21F4N5O2. The molecule has 1 fully saturated rings. The molecular weight excluding hydrogens is 430 g/mol. The molecule has 2 aliphatic rings. The van der Waals surface area contributed by atoms with Crippen LogP contribution in [0.15, 0.2) is 30.6 Å². The Balaban J connectivity index is 1.55. The number of nitrogens with zero attached hydrogens (tertiary/aromatic N) is 3. The van der Waals surface area contributed by atoms with Crippen molar-refractivity contribution in [2.45, 2.75) is 31.3 Å². The number of alkyl halides is 3. The summed E-state index contributed by atoms with van der Waals surface area (Å²) in [7, 11) is 0. The molecule has 0 bridgehead atoms. The molecule has 32 heavy (non-hydrogen) atoms. The largest absolute Gasteiger partial charge is 0.491 e. The molecule has 0 radical (unpaired) electrons. The number of H-pyrrole nitrogens is 1. The molecule has 1 saturated heterocycles. The molecule has 3 atom stereocenters. The molecule has 7 nitrogen and oxygen atoms in total. The Labute approximate surface area is 180 Å². The van der Waals surface area contributed by atoms with Crippen molar-refractivity contribution in [3.8, 4) is 5.75 Å². The molecule has 2 aliphatic heterocycles. The first kappa shape index (κ1) is 21.0. The van der Waals surface area contributed by atoms with Crippen LogP contribution in [-0.2, 0) is 10.9 Å². The summed E-state index contributed by atoms with van der Waals surface area (Å²) >= 11 is 0. The fraction of sp³-hybridized carbons (Fsp3) is 0.429. The number of hydrogen-bond donors (Lipinski definition) is 2. The molecule has 0 aliphatic carbocycles. The Morgan fingerprint density at radius 1 is 1.22 bits per heavy atom. The third-order valence-electron chi connectivity index (χ3n) is 5.87. The second-order valence-electron chi connectivity index (χ2n) is 8.02. The van der Waals surface area contributed by atoms with Crippen molar-refractivity contribution in [3.05, 3.63) is 47.7 Å². The monoisotopic (exact) mass is 451 g/mol. The van der Waals surface area contributed by atoms with Crippen LogP contribution in [0.2, 0.25) is 0 Å². The minimum absolute atomic E-state index is 0.0313. The molecule has 4 heterocycles. The molecule has 2 N–H and O–H groups in total. The van der Waals surface area contributed by atoms with Crippen molar-refractivity contribution in [3.63, 3.8) is 0 Å². The van der Waals surface area contributed by atoms with Crippen molar-refractivity contribution < 1.29 is 27.0 Å². The predicted octanol–water partition coefficient (Wildman–Crippen LogP) is 3.75. The van der Waals surface area contributed by atoms with Gasteiger partial charge in [0.15, 0.2) is 0 Å². The van der Waals surface area contributed by atoms with E-state index in [1.807, 2.05) is 6.92 Å². The minimum atomic E-state index is -4.53. The highest BCUT2D eigenvalue weighted by molar-refractivity contribution is 5.88. The van der Waals surface area contributed by atoms with E-state index < -0.39 is 23.7 Å². The molecule has 0 spiro atoms. The lowest BCUT2D eigenvalue weighted by molar-refractivity contribution is -0.140. The maximum atomic E-state index is 13.8. The van der Waals surface area contributed by atoms with Gasteiger partial charge in [0.25, 0.3) is 0 Å². The summed E-state index contributed by atoms with van der Waals surface area (Å²) in [6.07, 6.45) is -3.30. The Morgan fingerprint density at radius 3 is 2.84 bits per heavy atom. The molecule has 0 amide bonds. The Bertz CT molecular complexity index is 1140. The van der Waals surface area contributed by atoms with Crippen molar-refractivity contribution in [1.29, 1.82) is 0 Å². The molecule has 0 saturated carbocycles. The topological polar surface area (TPSA) is 75.3 Å². The van der Waals surface area contributed by atoms with E-state index in [4.69, 9.17) is 9.47 Å². The van der Waals surface area contributed by atoms with E-state index in [0.717, 1.165) is 6.07 Å². The molecule has 5 rings (SSSR count). The summed E-state index contributed by atoms with van der Waals surface area (Å²) < 4.78 is 65.0. The smallest absolute Gasteiger partial charge is 0.431 e. The summed E-state index contributed by atoms with van der Waals surface area (Å²) in [5.41, 5.74) is -0.109. The number of aromatic nitrogens is 3. The number of ether oxygens (including phenoxy) is 2. The lowest BCUT2D eigenvalue weighted by Crippen LogP contribution is -2.54. The first-order chi connectivity index (χ1) is 15.3. The van der Waals surface area contributed by atoms with E-state index >= 15 is 0 Å². The van der Waals surface area contributed by atoms with Crippen molar-refractivity contribution in [2.75, 3.05) is 31.6 Å². The van der Waals surface area contributed by atoms with Gasteiger partial charge >= 0.3 is 6.18 Å². The number of halogens is 4. The van der Waals surface area contributed by atoms with Crippen LogP contribution in [0, 0.1) is 5.82 Å². The van der Waals surface area contributed by atoms with Gasteiger partial charge in [-0.15, -0.1) is 0 Å². The van der Waals surface area contributed by atoms with E-state index in [-0.39, 0.29) is 35.6 Å². The number of anilines is 1. The van der Waals surface area contributed by atoms with E-state index in [1.165, 1.54) is 18.5 Å². The van der Waals surface area contributed by atoms with Crippen LogP contribution >= 0.6 is 0 Å². The highest BCUT2D eigenvalue weighted by atomic mass is 19.4. The highest BCUT2D eigenvalue weighted by Crippen LogP contribution is 2.39. The third-order valence-corrected chi connectivity index (χ3v) is 5.87. The van der Waals surface area contributed by atoms with Crippen LogP contribution in [0.3, 0.4) is 0 Å². The predicted molar refractivity (Wildman–Crippen MR) is 108 cm³/mol. The van der Waals surface area contributed by atoms with Crippen LogP contribution in [0.25, 0.3) is 11.0 Å². The summed E-state index contributed by atoms with van der Waals surface area (Å²) in [5.74, 6) is 0.233. The van der Waals surface area contributed by atoms with Gasteiger partial charge in [-0.1, -0.05) is 6.07 Å². The van der Waals surface area contributed by atoms with Crippen molar-refractivity contribution in [1.82, 2.24) is 19.9 Å². The SMILES string of the molecule is CC1CN(C2COc3cc(F)ccc3C2Nc2ncnc3[nH]c(C(F)(F)F)cc23)CCO1. The van der Waals surface area contributed by atoms with Gasteiger partial charge in [0, 0.05) is 24.7 Å². The lowest BCUT2D eigenvalue weighted by atomic mass is 9.94. The number of benzene rings is 1. The van der Waals surface area contributed by atoms with Gasteiger partial charge < -0.3 is 19.8 Å². The maximum absolute atomic E-state index is 13.8. The number of nitrogens with one attached hydrogen (secondary N) is 2. The van der Waals surface area contributed by atoms with Gasteiger partial charge in [0.05, 0.1) is 30.2 Å². The summed E-state index contributed by atoms with van der Waals surface area (Å²) in [6, 6.07) is 4.73. The fourth-order valence-electron chi connectivity index (χ4n) is 4.36. The van der Waals surface area contributed by atoms with Crippen molar-refractivity contribution >= 4 is 16.9 Å². The van der Waals surface area contributed by atoms with Gasteiger partial charge in [-0.25, -0.2) is 14.4 Å². The average Bonchev–Trinajstić information content (AvgIpc) is 3.20. The van der Waals surface area contributed by atoms with Gasteiger partial charge in [-0.2, -0.15) is 13.2 Å². The van der Waals surface area contributed by atoms with Crippen LogP contribution in [-0.4, -0.2) is 58.3 Å². The van der Waals surface area contributed by atoms with Gasteiger partial charge in [-0.05, 0) is 19.1 Å². The van der Waals surface area contributed by atoms with Gasteiger partial charge in [0.1, 0.15) is 41.7 Å². The first-order valence-electron chi connectivity index (χ1n) is 10.2. The molecule has 11 heteroatoms. The summed E-state index contributed by atoms with van der Waals surface area (Å²) in [4.78, 5) is 12.7. The van der Waals surface area contributed by atoms with Gasteiger partial charge in [-0.3, -0.25) is 4.90 Å². The molecule has 1 aromatic carbocycles. The normalized spacial score (nSPS) is 24.2. The van der Waals surface area contributed by atoms with Crippen LogP contribution in [0.1, 0.15) is 24.2 Å². The number of morpholine rings is 1. The number of rotatable bonds is 3. The Hall–Kier alpha value is -2.92. The zero-order valence-electron chi connectivity index (χ0n) is 17.1. The summed E-state index contributed by atoms with van der Waals surface area (Å²) in [6.45, 7) is 4.17. The quantitative estimate of drug-likeness (QED) is 0.591. The lowest BCUT2D eigenvalue weighted by Gasteiger charge is -2.43. The number of fused-ring (bicyclic) bond motifs is 2. The molecule has 3 unspecified atom stereocenters. The molecule has 2 aromatic heterocycles. The standard InChI is InChI=1S/C21H21F4N5O2/c1-11-8-30(4-5-31-11)15-9-32-16-6-12(22)2-3-13(16)18(15)29-20-14-7-17(21(23,24)25)28-19(14)26-10-27-20/h2-3,6-7,10-11,15,18H,4-5,8-9H2,1H3,(H2,26,27,28,29). The second kappa shape index (κ2) is 7.89. The van der Waals surface area contributed by atoms with Crippen LogP contribution in [0.5, 0.6) is 5.75 Å². The van der Waals surface area contributed by atoms with Crippen LogP contribution < -0.4 is 10.1 Å². The third kappa shape index (κ3) is 3.86. The summed E-state index contributed by atoms with van der Waals surface area (Å²) in [5, 5.41) is 3.53. The zero-order chi connectivity index (χ0) is 22.5. The second-order valence-corrected chi connectivity index (χ2v) is 8.02. The van der Waals surface area contributed by atoms with Crippen LogP contribution in [0.4, 0.5) is 23.4 Å². The molecule has 170 valence electrons. The van der Waals surface area contributed by atoms with Gasteiger partial charge in [0.2, 0.25) is 0 Å².